The highest BCUT2D eigenvalue weighted by Crippen LogP contribution is 2.34. The van der Waals surface area contributed by atoms with Gasteiger partial charge >= 0.3 is 0 Å². The number of ether oxygens (including phenoxy) is 1. The van der Waals surface area contributed by atoms with E-state index in [1.54, 1.807) is 0 Å². The van der Waals surface area contributed by atoms with Crippen LogP contribution in [0.1, 0.15) is 51.1 Å². The highest BCUT2D eigenvalue weighted by Gasteiger charge is 2.22. The smallest absolute Gasteiger partial charge is 0.124 e. The largest absolute Gasteiger partial charge is 0.493 e. The van der Waals surface area contributed by atoms with Gasteiger partial charge in [-0.1, -0.05) is 35.7 Å². The van der Waals surface area contributed by atoms with Gasteiger partial charge in [-0.3, -0.25) is 0 Å². The minimum atomic E-state index is 0.429. The first-order valence-electron chi connectivity index (χ1n) is 6.89. The number of unbranched alkanes of at least 4 members (excludes halogenated alkanes) is 1. The van der Waals surface area contributed by atoms with Gasteiger partial charge in [0, 0.05) is 28.5 Å². The molecule has 0 aliphatic carbocycles. The summed E-state index contributed by atoms with van der Waals surface area (Å²) in [5.74, 6) is 1.03. The summed E-state index contributed by atoms with van der Waals surface area (Å²) in [5.41, 5.74) is 1.29. The molecular weight excluding hydrogens is 290 g/mol. The summed E-state index contributed by atoms with van der Waals surface area (Å²) < 4.78 is 6.84. The average molecular weight is 312 g/mol. The number of rotatable bonds is 5. The Kier molecular flexibility index (Phi) is 5.07. The van der Waals surface area contributed by atoms with E-state index < -0.39 is 0 Å². The minimum Gasteiger partial charge on any atom is -0.493 e. The third-order valence-corrected chi connectivity index (χ3v) is 3.98. The molecule has 1 aromatic rings. The van der Waals surface area contributed by atoms with E-state index in [9.17, 15) is 0 Å². The minimum absolute atomic E-state index is 0.429. The summed E-state index contributed by atoms with van der Waals surface area (Å²) >= 11 is 3.54. The van der Waals surface area contributed by atoms with Gasteiger partial charge in [0.2, 0.25) is 0 Å². The van der Waals surface area contributed by atoms with Crippen LogP contribution in [0.4, 0.5) is 0 Å². The van der Waals surface area contributed by atoms with Gasteiger partial charge in [-0.25, -0.2) is 0 Å². The van der Waals surface area contributed by atoms with E-state index >= 15 is 0 Å². The monoisotopic (exact) mass is 311 g/mol. The Labute approximate surface area is 118 Å². The van der Waals surface area contributed by atoms with Gasteiger partial charge < -0.3 is 10.1 Å². The van der Waals surface area contributed by atoms with Crippen molar-refractivity contribution in [3.8, 4) is 5.75 Å². The number of fused-ring (bicyclic) bond motifs is 1. The van der Waals surface area contributed by atoms with Gasteiger partial charge in [0.25, 0.3) is 0 Å². The summed E-state index contributed by atoms with van der Waals surface area (Å²) in [4.78, 5) is 0. The van der Waals surface area contributed by atoms with Crippen molar-refractivity contribution in [1.29, 1.82) is 0 Å². The zero-order valence-electron chi connectivity index (χ0n) is 11.2. The van der Waals surface area contributed by atoms with Crippen LogP contribution in [0.5, 0.6) is 5.75 Å². The molecule has 100 valence electrons. The summed E-state index contributed by atoms with van der Waals surface area (Å²) in [6.07, 6.45) is 4.86. The molecule has 1 aromatic carbocycles. The van der Waals surface area contributed by atoms with Crippen molar-refractivity contribution in [3.05, 3.63) is 28.2 Å². The molecule has 0 bridgehead atoms. The zero-order valence-corrected chi connectivity index (χ0v) is 12.8. The molecule has 2 unspecified atom stereocenters. The van der Waals surface area contributed by atoms with Gasteiger partial charge in [-0.2, -0.15) is 0 Å². The van der Waals surface area contributed by atoms with Crippen molar-refractivity contribution >= 4 is 15.9 Å². The number of hydrogen-bond donors (Lipinski definition) is 1. The summed E-state index contributed by atoms with van der Waals surface area (Å²) in [5, 5.41) is 3.74. The molecule has 0 amide bonds. The molecule has 0 saturated carbocycles. The lowest BCUT2D eigenvalue weighted by molar-refractivity contribution is 0.243. The lowest BCUT2D eigenvalue weighted by Crippen LogP contribution is -2.33. The second-order valence-electron chi connectivity index (χ2n) is 5.08. The fraction of sp³-hybridized carbons (Fsp3) is 0.600. The zero-order chi connectivity index (χ0) is 13.0. The van der Waals surface area contributed by atoms with Gasteiger partial charge in [0.15, 0.2) is 0 Å². The average Bonchev–Trinajstić information content (AvgIpc) is 2.37. The summed E-state index contributed by atoms with van der Waals surface area (Å²) in [6.45, 7) is 5.34. The fourth-order valence-electron chi connectivity index (χ4n) is 2.48. The molecule has 2 atom stereocenters. The summed E-state index contributed by atoms with van der Waals surface area (Å²) in [7, 11) is 0. The lowest BCUT2D eigenvalue weighted by atomic mass is 9.99. The van der Waals surface area contributed by atoms with Crippen molar-refractivity contribution in [2.45, 2.75) is 51.6 Å². The van der Waals surface area contributed by atoms with Gasteiger partial charge in [0.05, 0.1) is 6.61 Å². The maximum absolute atomic E-state index is 5.71. The van der Waals surface area contributed by atoms with Crippen molar-refractivity contribution in [2.75, 3.05) is 6.61 Å². The van der Waals surface area contributed by atoms with E-state index in [-0.39, 0.29) is 0 Å². The molecule has 1 aliphatic heterocycles. The Morgan fingerprint density at radius 2 is 2.33 bits per heavy atom. The molecule has 1 heterocycles. The van der Waals surface area contributed by atoms with Gasteiger partial charge in [-0.15, -0.1) is 0 Å². The van der Waals surface area contributed by atoms with Crippen LogP contribution < -0.4 is 10.1 Å². The quantitative estimate of drug-likeness (QED) is 0.868. The SMILES string of the molecule is CCCCC(C)NC1CCOc2ccc(Br)cc21. The van der Waals surface area contributed by atoms with Crippen molar-refractivity contribution < 1.29 is 4.74 Å². The normalized spacial score (nSPS) is 20.1. The van der Waals surface area contributed by atoms with Crippen LogP contribution in [0, 0.1) is 0 Å². The first-order chi connectivity index (χ1) is 8.70. The first-order valence-corrected chi connectivity index (χ1v) is 7.68. The molecule has 1 aliphatic rings. The maximum atomic E-state index is 5.71. The first kappa shape index (κ1) is 13.9. The Morgan fingerprint density at radius 3 is 3.11 bits per heavy atom. The molecular formula is C15H22BrNO. The van der Waals surface area contributed by atoms with Crippen molar-refractivity contribution in [1.82, 2.24) is 5.32 Å². The molecule has 0 fully saturated rings. The number of hydrogen-bond acceptors (Lipinski definition) is 2. The van der Waals surface area contributed by atoms with Gasteiger partial charge in [0.1, 0.15) is 5.75 Å². The van der Waals surface area contributed by atoms with Crippen molar-refractivity contribution in [2.24, 2.45) is 0 Å². The van der Waals surface area contributed by atoms with Crippen LogP contribution in [0.15, 0.2) is 22.7 Å². The third kappa shape index (κ3) is 3.48. The lowest BCUT2D eigenvalue weighted by Gasteiger charge is -2.29. The number of halogens is 1. The number of benzene rings is 1. The molecule has 3 heteroatoms. The van der Waals surface area contributed by atoms with Crippen LogP contribution in [0.3, 0.4) is 0 Å². The van der Waals surface area contributed by atoms with Crippen LogP contribution in [-0.2, 0) is 0 Å². The number of nitrogens with one attached hydrogen (secondary N) is 1. The molecule has 2 nitrogen and oxygen atoms in total. The molecule has 0 radical (unpaired) electrons. The molecule has 2 rings (SSSR count). The van der Waals surface area contributed by atoms with Crippen LogP contribution in [-0.4, -0.2) is 12.6 Å². The summed E-state index contributed by atoms with van der Waals surface area (Å²) in [6, 6.07) is 7.28. The highest BCUT2D eigenvalue weighted by molar-refractivity contribution is 9.10. The van der Waals surface area contributed by atoms with E-state index in [2.05, 4.69) is 47.2 Å². The predicted molar refractivity (Wildman–Crippen MR) is 79.1 cm³/mol. The van der Waals surface area contributed by atoms with E-state index in [0.29, 0.717) is 12.1 Å². The maximum Gasteiger partial charge on any atom is 0.124 e. The van der Waals surface area contributed by atoms with E-state index in [1.165, 1.54) is 24.8 Å². The highest BCUT2D eigenvalue weighted by atomic mass is 79.9. The van der Waals surface area contributed by atoms with Crippen LogP contribution in [0.2, 0.25) is 0 Å². The van der Waals surface area contributed by atoms with Crippen molar-refractivity contribution in [3.63, 3.8) is 0 Å². The van der Waals surface area contributed by atoms with Crippen LogP contribution in [0.25, 0.3) is 0 Å². The molecule has 0 saturated heterocycles. The molecule has 0 spiro atoms. The fourth-order valence-corrected chi connectivity index (χ4v) is 2.85. The topological polar surface area (TPSA) is 21.3 Å². The molecule has 18 heavy (non-hydrogen) atoms. The second-order valence-corrected chi connectivity index (χ2v) is 6.00. The predicted octanol–water partition coefficient (Wildman–Crippen LogP) is 4.44. The Bertz CT molecular complexity index is 394. The van der Waals surface area contributed by atoms with Crippen LogP contribution >= 0.6 is 15.9 Å². The van der Waals surface area contributed by atoms with E-state index in [4.69, 9.17) is 4.74 Å². The Morgan fingerprint density at radius 1 is 1.50 bits per heavy atom. The Hall–Kier alpha value is -0.540. The molecule has 1 N–H and O–H groups in total. The Balaban J connectivity index is 2.05. The van der Waals surface area contributed by atoms with E-state index in [1.807, 2.05) is 6.07 Å². The van der Waals surface area contributed by atoms with E-state index in [0.717, 1.165) is 23.2 Å². The molecule has 0 aromatic heterocycles. The van der Waals surface area contributed by atoms with Gasteiger partial charge in [-0.05, 0) is 31.5 Å². The standard InChI is InChI=1S/C15H22BrNO/c1-3-4-5-11(2)17-14-8-9-18-15-7-6-12(16)10-13(14)15/h6-7,10-11,14,17H,3-5,8-9H2,1-2H3. The second kappa shape index (κ2) is 6.58. The third-order valence-electron chi connectivity index (χ3n) is 3.49.